The molecular formula is C14H22N2O. The van der Waals surface area contributed by atoms with Crippen molar-refractivity contribution in [1.29, 1.82) is 0 Å². The van der Waals surface area contributed by atoms with Gasteiger partial charge in [-0.15, -0.1) is 0 Å². The molecule has 2 N–H and O–H groups in total. The van der Waals surface area contributed by atoms with E-state index in [9.17, 15) is 0 Å². The summed E-state index contributed by atoms with van der Waals surface area (Å²) in [6, 6.07) is 7.67. The quantitative estimate of drug-likeness (QED) is 0.736. The molecule has 0 radical (unpaired) electrons. The van der Waals surface area contributed by atoms with Crippen LogP contribution >= 0.6 is 0 Å². The fraction of sp³-hybridized carbons (Fsp3) is 0.571. The molecule has 0 aromatic heterocycles. The second-order valence-corrected chi connectivity index (χ2v) is 4.72. The van der Waals surface area contributed by atoms with Crippen molar-refractivity contribution in [3.05, 3.63) is 24.3 Å². The predicted molar refractivity (Wildman–Crippen MR) is 71.2 cm³/mol. The van der Waals surface area contributed by atoms with Crippen molar-refractivity contribution in [2.24, 2.45) is 5.92 Å². The van der Waals surface area contributed by atoms with Crippen molar-refractivity contribution in [2.75, 3.05) is 32.0 Å². The highest BCUT2D eigenvalue weighted by Crippen LogP contribution is 2.29. The van der Waals surface area contributed by atoms with E-state index in [1.807, 2.05) is 24.3 Å². The molecule has 0 heterocycles. The second kappa shape index (κ2) is 5.92. The van der Waals surface area contributed by atoms with Crippen LogP contribution in [0.15, 0.2) is 24.3 Å². The van der Waals surface area contributed by atoms with E-state index >= 15 is 0 Å². The van der Waals surface area contributed by atoms with Gasteiger partial charge in [0.15, 0.2) is 0 Å². The second-order valence-electron chi connectivity index (χ2n) is 4.72. The number of para-hydroxylation sites is 2. The first kappa shape index (κ1) is 12.2. The molecule has 1 aliphatic rings. The highest BCUT2D eigenvalue weighted by Gasteiger charge is 2.23. The van der Waals surface area contributed by atoms with E-state index in [0.717, 1.165) is 37.1 Å². The zero-order valence-electron chi connectivity index (χ0n) is 10.6. The Morgan fingerprint density at radius 1 is 1.35 bits per heavy atom. The minimum atomic E-state index is 0.717. The summed E-state index contributed by atoms with van der Waals surface area (Å²) in [4.78, 5) is 2.46. The Morgan fingerprint density at radius 2 is 2.12 bits per heavy atom. The number of ether oxygens (including phenoxy) is 1. The third-order valence-electron chi connectivity index (χ3n) is 3.24. The molecule has 1 saturated carbocycles. The molecule has 1 aromatic rings. The SMILES string of the molecule is CCN(CCOc1ccccc1N)CC1CC1. The van der Waals surface area contributed by atoms with Gasteiger partial charge in [0.25, 0.3) is 0 Å². The average molecular weight is 234 g/mol. The molecule has 0 spiro atoms. The molecule has 1 aromatic carbocycles. The molecular weight excluding hydrogens is 212 g/mol. The van der Waals surface area contributed by atoms with E-state index in [1.165, 1.54) is 19.4 Å². The van der Waals surface area contributed by atoms with Gasteiger partial charge in [0.2, 0.25) is 0 Å². The van der Waals surface area contributed by atoms with E-state index in [4.69, 9.17) is 10.5 Å². The van der Waals surface area contributed by atoms with Crippen molar-refractivity contribution in [3.8, 4) is 5.75 Å². The van der Waals surface area contributed by atoms with Gasteiger partial charge < -0.3 is 10.5 Å². The first-order chi connectivity index (χ1) is 8.29. The lowest BCUT2D eigenvalue weighted by Gasteiger charge is -2.20. The molecule has 0 aliphatic heterocycles. The van der Waals surface area contributed by atoms with Gasteiger partial charge in [-0.2, -0.15) is 0 Å². The number of nitrogen functional groups attached to an aromatic ring is 1. The summed E-state index contributed by atoms with van der Waals surface area (Å²) in [6.45, 7) is 6.24. The number of likely N-dealkylation sites (N-methyl/N-ethyl adjacent to an activating group) is 1. The van der Waals surface area contributed by atoms with Crippen molar-refractivity contribution in [2.45, 2.75) is 19.8 Å². The maximum atomic E-state index is 5.82. The predicted octanol–water partition coefficient (Wildman–Crippen LogP) is 2.38. The van der Waals surface area contributed by atoms with Crippen molar-refractivity contribution < 1.29 is 4.74 Å². The number of nitrogens with zero attached hydrogens (tertiary/aromatic N) is 1. The molecule has 0 atom stereocenters. The number of hydrogen-bond acceptors (Lipinski definition) is 3. The van der Waals surface area contributed by atoms with Gasteiger partial charge in [0.1, 0.15) is 12.4 Å². The summed E-state index contributed by atoms with van der Waals surface area (Å²) < 4.78 is 5.70. The fourth-order valence-corrected chi connectivity index (χ4v) is 1.94. The van der Waals surface area contributed by atoms with E-state index < -0.39 is 0 Å². The minimum Gasteiger partial charge on any atom is -0.490 e. The smallest absolute Gasteiger partial charge is 0.142 e. The van der Waals surface area contributed by atoms with Crippen LogP contribution in [0, 0.1) is 5.92 Å². The van der Waals surface area contributed by atoms with E-state index in [1.54, 1.807) is 0 Å². The number of anilines is 1. The molecule has 17 heavy (non-hydrogen) atoms. The van der Waals surface area contributed by atoms with Gasteiger partial charge in [0, 0.05) is 13.1 Å². The molecule has 0 unspecified atom stereocenters. The Morgan fingerprint density at radius 3 is 2.76 bits per heavy atom. The molecule has 1 fully saturated rings. The first-order valence-electron chi connectivity index (χ1n) is 6.49. The van der Waals surface area contributed by atoms with Gasteiger partial charge in [-0.05, 0) is 37.4 Å². The molecule has 1 aliphatic carbocycles. The monoisotopic (exact) mass is 234 g/mol. The Hall–Kier alpha value is -1.22. The maximum Gasteiger partial charge on any atom is 0.142 e. The topological polar surface area (TPSA) is 38.5 Å². The largest absolute Gasteiger partial charge is 0.490 e. The molecule has 94 valence electrons. The zero-order valence-corrected chi connectivity index (χ0v) is 10.6. The highest BCUT2D eigenvalue weighted by molar-refractivity contribution is 5.51. The van der Waals surface area contributed by atoms with Crippen LogP contribution in [0.5, 0.6) is 5.75 Å². The summed E-state index contributed by atoms with van der Waals surface area (Å²) in [5.74, 6) is 1.74. The minimum absolute atomic E-state index is 0.717. The third kappa shape index (κ3) is 3.93. The number of nitrogens with two attached hydrogens (primary N) is 1. The Kier molecular flexibility index (Phi) is 4.26. The van der Waals surface area contributed by atoms with E-state index in [2.05, 4.69) is 11.8 Å². The number of benzene rings is 1. The Labute approximate surface area is 104 Å². The molecule has 3 nitrogen and oxygen atoms in total. The van der Waals surface area contributed by atoms with Gasteiger partial charge in [0.05, 0.1) is 5.69 Å². The van der Waals surface area contributed by atoms with E-state index in [-0.39, 0.29) is 0 Å². The summed E-state index contributed by atoms with van der Waals surface area (Å²) in [7, 11) is 0. The van der Waals surface area contributed by atoms with Gasteiger partial charge >= 0.3 is 0 Å². The summed E-state index contributed by atoms with van der Waals surface area (Å²) in [5.41, 5.74) is 6.54. The zero-order chi connectivity index (χ0) is 12.1. The molecule has 0 amide bonds. The van der Waals surface area contributed by atoms with Crippen LogP contribution in [-0.2, 0) is 0 Å². The van der Waals surface area contributed by atoms with Crippen molar-refractivity contribution in [3.63, 3.8) is 0 Å². The van der Waals surface area contributed by atoms with Crippen LogP contribution < -0.4 is 10.5 Å². The van der Waals surface area contributed by atoms with Crippen molar-refractivity contribution in [1.82, 2.24) is 4.90 Å². The van der Waals surface area contributed by atoms with Gasteiger partial charge in [-0.25, -0.2) is 0 Å². The van der Waals surface area contributed by atoms with Crippen LogP contribution in [0.3, 0.4) is 0 Å². The van der Waals surface area contributed by atoms with Crippen LogP contribution in [0.4, 0.5) is 5.69 Å². The van der Waals surface area contributed by atoms with Gasteiger partial charge in [-0.1, -0.05) is 19.1 Å². The maximum absolute atomic E-state index is 5.82. The third-order valence-corrected chi connectivity index (χ3v) is 3.24. The normalized spacial score (nSPS) is 15.2. The van der Waals surface area contributed by atoms with Crippen LogP contribution in [-0.4, -0.2) is 31.1 Å². The fourth-order valence-electron chi connectivity index (χ4n) is 1.94. The summed E-state index contributed by atoms with van der Waals surface area (Å²) in [6.07, 6.45) is 2.81. The molecule has 2 rings (SSSR count). The first-order valence-corrected chi connectivity index (χ1v) is 6.49. The lowest BCUT2D eigenvalue weighted by atomic mass is 10.3. The summed E-state index contributed by atoms with van der Waals surface area (Å²) in [5, 5.41) is 0. The average Bonchev–Trinajstić information content (AvgIpc) is 3.14. The van der Waals surface area contributed by atoms with Crippen LogP contribution in [0.25, 0.3) is 0 Å². The number of hydrogen-bond donors (Lipinski definition) is 1. The van der Waals surface area contributed by atoms with E-state index in [0.29, 0.717) is 0 Å². The standard InChI is InChI=1S/C14H22N2O/c1-2-16(11-12-7-8-12)9-10-17-14-6-4-3-5-13(14)15/h3-6,12H,2,7-11,15H2,1H3. The van der Waals surface area contributed by atoms with Crippen molar-refractivity contribution >= 4 is 5.69 Å². The molecule has 0 saturated heterocycles. The number of rotatable bonds is 7. The Balaban J connectivity index is 1.72. The highest BCUT2D eigenvalue weighted by atomic mass is 16.5. The van der Waals surface area contributed by atoms with Crippen LogP contribution in [0.2, 0.25) is 0 Å². The summed E-state index contributed by atoms with van der Waals surface area (Å²) >= 11 is 0. The Bertz CT molecular complexity index is 350. The van der Waals surface area contributed by atoms with Crippen LogP contribution in [0.1, 0.15) is 19.8 Å². The lowest BCUT2D eigenvalue weighted by Crippen LogP contribution is -2.30. The molecule has 0 bridgehead atoms. The lowest BCUT2D eigenvalue weighted by molar-refractivity contribution is 0.210. The molecule has 3 heteroatoms. The van der Waals surface area contributed by atoms with Gasteiger partial charge in [-0.3, -0.25) is 4.90 Å².